The summed E-state index contributed by atoms with van der Waals surface area (Å²) in [4.78, 5) is 4.54. The first kappa shape index (κ1) is 22.0. The lowest BCUT2D eigenvalue weighted by Gasteiger charge is -2.22. The van der Waals surface area contributed by atoms with Crippen LogP contribution in [0.5, 0.6) is 0 Å². The summed E-state index contributed by atoms with van der Waals surface area (Å²) in [6, 6.07) is 7.36. The van der Waals surface area contributed by atoms with Crippen LogP contribution in [0, 0.1) is 0 Å². The standard InChI is InChI=1S/C22H26F3N5S/c1-14(2)19-13-28-21-18(27-12-15-4-3-5-16(10-15)22(23,24)25)11-20(29-30(19)21)31-17-6-8-26-9-7-17/h3-5,10-11,13-14,17,26-27H,6-9,12H2,1-2H3. The molecule has 0 atom stereocenters. The van der Waals surface area contributed by atoms with Gasteiger partial charge in [-0.1, -0.05) is 26.0 Å². The van der Waals surface area contributed by atoms with E-state index in [1.807, 2.05) is 16.8 Å². The number of nitrogens with one attached hydrogen (secondary N) is 2. The molecule has 0 amide bonds. The SMILES string of the molecule is CC(C)c1cnc2c(NCc3cccc(C(F)(F)F)c3)cc(SC3CCNCC3)nn12. The smallest absolute Gasteiger partial charge is 0.378 e. The quantitative estimate of drug-likeness (QED) is 0.533. The Hall–Kier alpha value is -2.26. The van der Waals surface area contributed by atoms with Gasteiger partial charge in [0.15, 0.2) is 5.65 Å². The van der Waals surface area contributed by atoms with E-state index in [9.17, 15) is 13.2 Å². The highest BCUT2D eigenvalue weighted by Crippen LogP contribution is 2.32. The van der Waals surface area contributed by atoms with Crippen LogP contribution in [0.15, 0.2) is 41.6 Å². The van der Waals surface area contributed by atoms with Crippen molar-refractivity contribution in [1.82, 2.24) is 19.9 Å². The van der Waals surface area contributed by atoms with Crippen molar-refractivity contribution in [3.05, 3.63) is 53.3 Å². The number of hydrogen-bond acceptors (Lipinski definition) is 5. The predicted molar refractivity (Wildman–Crippen MR) is 118 cm³/mol. The topological polar surface area (TPSA) is 54.2 Å². The molecule has 1 aromatic carbocycles. The van der Waals surface area contributed by atoms with Gasteiger partial charge < -0.3 is 10.6 Å². The van der Waals surface area contributed by atoms with Crippen LogP contribution in [-0.4, -0.2) is 32.9 Å². The van der Waals surface area contributed by atoms with E-state index in [1.165, 1.54) is 12.1 Å². The van der Waals surface area contributed by atoms with Gasteiger partial charge in [-0.25, -0.2) is 9.50 Å². The number of alkyl halides is 3. The normalized spacial score (nSPS) is 15.7. The van der Waals surface area contributed by atoms with E-state index in [2.05, 4.69) is 29.5 Å². The van der Waals surface area contributed by atoms with Gasteiger partial charge >= 0.3 is 6.18 Å². The van der Waals surface area contributed by atoms with Crippen molar-refractivity contribution in [3.8, 4) is 0 Å². The zero-order chi connectivity index (χ0) is 22.0. The number of rotatable bonds is 6. The van der Waals surface area contributed by atoms with E-state index < -0.39 is 11.7 Å². The van der Waals surface area contributed by atoms with Crippen molar-refractivity contribution in [3.63, 3.8) is 0 Å². The molecule has 0 spiro atoms. The molecule has 5 nitrogen and oxygen atoms in total. The van der Waals surface area contributed by atoms with Crippen LogP contribution >= 0.6 is 11.8 Å². The average Bonchev–Trinajstić information content (AvgIpc) is 3.17. The summed E-state index contributed by atoms with van der Waals surface area (Å²) in [5.41, 5.74) is 2.38. The summed E-state index contributed by atoms with van der Waals surface area (Å²) in [6.07, 6.45) is -0.369. The molecule has 0 unspecified atom stereocenters. The van der Waals surface area contributed by atoms with Crippen LogP contribution in [0.1, 0.15) is 49.4 Å². The fourth-order valence-electron chi connectivity index (χ4n) is 3.68. The molecule has 4 rings (SSSR count). The number of halogens is 3. The fraction of sp³-hybridized carbons (Fsp3) is 0.455. The Morgan fingerprint density at radius 2 is 2.00 bits per heavy atom. The Morgan fingerprint density at radius 3 is 2.71 bits per heavy atom. The van der Waals surface area contributed by atoms with Crippen LogP contribution in [-0.2, 0) is 12.7 Å². The van der Waals surface area contributed by atoms with Crippen molar-refractivity contribution in [1.29, 1.82) is 0 Å². The Kier molecular flexibility index (Phi) is 6.43. The summed E-state index contributed by atoms with van der Waals surface area (Å²) in [5.74, 6) is 0.248. The van der Waals surface area contributed by atoms with Crippen LogP contribution in [0.3, 0.4) is 0 Å². The van der Waals surface area contributed by atoms with Gasteiger partial charge in [-0.05, 0) is 55.6 Å². The van der Waals surface area contributed by atoms with Crippen molar-refractivity contribution < 1.29 is 13.2 Å². The molecule has 1 aliphatic heterocycles. The van der Waals surface area contributed by atoms with Crippen LogP contribution in [0.25, 0.3) is 5.65 Å². The van der Waals surface area contributed by atoms with E-state index in [0.717, 1.165) is 48.4 Å². The summed E-state index contributed by atoms with van der Waals surface area (Å²) in [7, 11) is 0. The molecule has 0 radical (unpaired) electrons. The van der Waals surface area contributed by atoms with Gasteiger partial charge in [-0.3, -0.25) is 0 Å². The average molecular weight is 450 g/mol. The molecule has 1 saturated heterocycles. The molecule has 1 fully saturated rings. The minimum atomic E-state index is -4.35. The highest BCUT2D eigenvalue weighted by atomic mass is 32.2. The van der Waals surface area contributed by atoms with E-state index in [1.54, 1.807) is 17.8 Å². The number of thioether (sulfide) groups is 1. The number of fused-ring (bicyclic) bond motifs is 1. The molecule has 1 aliphatic rings. The first-order valence-corrected chi connectivity index (χ1v) is 11.4. The number of imidazole rings is 1. The largest absolute Gasteiger partial charge is 0.416 e. The van der Waals surface area contributed by atoms with Gasteiger partial charge in [-0.15, -0.1) is 11.8 Å². The molecule has 0 saturated carbocycles. The molecule has 3 heterocycles. The molecule has 31 heavy (non-hydrogen) atoms. The molecule has 2 N–H and O–H groups in total. The van der Waals surface area contributed by atoms with Gasteiger partial charge in [0.1, 0.15) is 5.03 Å². The number of anilines is 1. The Bertz CT molecular complexity index is 1040. The lowest BCUT2D eigenvalue weighted by atomic mass is 10.1. The first-order chi connectivity index (χ1) is 14.8. The van der Waals surface area contributed by atoms with Gasteiger partial charge in [0.2, 0.25) is 0 Å². The second-order valence-corrected chi connectivity index (χ2v) is 9.41. The number of aromatic nitrogens is 3. The second-order valence-electron chi connectivity index (χ2n) is 8.09. The third kappa shape index (κ3) is 5.15. The van der Waals surface area contributed by atoms with E-state index in [-0.39, 0.29) is 12.5 Å². The lowest BCUT2D eigenvalue weighted by molar-refractivity contribution is -0.137. The molecule has 9 heteroatoms. The van der Waals surface area contributed by atoms with Crippen LogP contribution < -0.4 is 10.6 Å². The number of piperidine rings is 1. The minimum absolute atomic E-state index is 0.248. The van der Waals surface area contributed by atoms with Gasteiger partial charge in [0.25, 0.3) is 0 Å². The Morgan fingerprint density at radius 1 is 1.23 bits per heavy atom. The molecule has 0 aliphatic carbocycles. The van der Waals surface area contributed by atoms with E-state index in [0.29, 0.717) is 16.5 Å². The van der Waals surface area contributed by atoms with E-state index >= 15 is 0 Å². The summed E-state index contributed by atoms with van der Waals surface area (Å²) in [5, 5.41) is 12.9. The number of nitrogens with zero attached hydrogens (tertiary/aromatic N) is 3. The van der Waals surface area contributed by atoms with Gasteiger partial charge in [0, 0.05) is 11.8 Å². The maximum atomic E-state index is 13.0. The Balaban J connectivity index is 1.62. The molecule has 3 aromatic rings. The summed E-state index contributed by atoms with van der Waals surface area (Å²) in [6.45, 7) is 6.46. The zero-order valence-corrected chi connectivity index (χ0v) is 18.4. The van der Waals surface area contributed by atoms with Crippen molar-refractivity contribution in [2.75, 3.05) is 18.4 Å². The highest BCUT2D eigenvalue weighted by molar-refractivity contribution is 7.99. The second kappa shape index (κ2) is 9.08. The van der Waals surface area contributed by atoms with Gasteiger partial charge in [0.05, 0.1) is 23.1 Å². The van der Waals surface area contributed by atoms with Crippen molar-refractivity contribution >= 4 is 23.1 Å². The van der Waals surface area contributed by atoms with Crippen LogP contribution in [0.2, 0.25) is 0 Å². The highest BCUT2D eigenvalue weighted by Gasteiger charge is 2.30. The minimum Gasteiger partial charge on any atom is -0.378 e. The Labute approximate surface area is 183 Å². The maximum Gasteiger partial charge on any atom is 0.416 e. The fourth-order valence-corrected chi connectivity index (χ4v) is 4.81. The summed E-state index contributed by atoms with van der Waals surface area (Å²) < 4.78 is 41.0. The van der Waals surface area contributed by atoms with E-state index in [4.69, 9.17) is 5.10 Å². The van der Waals surface area contributed by atoms with Crippen molar-refractivity contribution in [2.45, 2.75) is 55.6 Å². The third-order valence-electron chi connectivity index (χ3n) is 5.37. The molecule has 0 bridgehead atoms. The number of benzene rings is 1. The maximum absolute atomic E-state index is 13.0. The van der Waals surface area contributed by atoms with Crippen molar-refractivity contribution in [2.24, 2.45) is 0 Å². The molecular weight excluding hydrogens is 423 g/mol. The van der Waals surface area contributed by atoms with Gasteiger partial charge in [-0.2, -0.15) is 18.3 Å². The predicted octanol–water partition coefficient (Wildman–Crippen LogP) is 5.33. The molecule has 2 aromatic heterocycles. The zero-order valence-electron chi connectivity index (χ0n) is 17.5. The molecule has 166 valence electrons. The monoisotopic (exact) mass is 449 g/mol. The summed E-state index contributed by atoms with van der Waals surface area (Å²) >= 11 is 1.76. The lowest BCUT2D eigenvalue weighted by Crippen LogP contribution is -2.29. The number of hydrogen-bond donors (Lipinski definition) is 2. The third-order valence-corrected chi connectivity index (χ3v) is 6.62. The van der Waals surface area contributed by atoms with Crippen LogP contribution in [0.4, 0.5) is 18.9 Å². The first-order valence-electron chi connectivity index (χ1n) is 10.5. The molecular formula is C22H26F3N5S.